The van der Waals surface area contributed by atoms with Gasteiger partial charge in [-0.05, 0) is 30.1 Å². The summed E-state index contributed by atoms with van der Waals surface area (Å²) in [5, 5.41) is 10.1. The summed E-state index contributed by atoms with van der Waals surface area (Å²) in [4.78, 5) is 0. The zero-order valence-electron chi connectivity index (χ0n) is 12.0. The van der Waals surface area contributed by atoms with Crippen LogP contribution >= 0.6 is 0 Å². The van der Waals surface area contributed by atoms with Gasteiger partial charge in [0.15, 0.2) is 9.04 Å². The Morgan fingerprint density at radius 3 is 2.39 bits per heavy atom. The molecule has 0 aliphatic carbocycles. The fourth-order valence-electron chi connectivity index (χ4n) is 1.72. The Morgan fingerprint density at radius 1 is 1.33 bits per heavy atom. The number of nitrogen functional groups attached to an aromatic ring is 1. The molecule has 3 nitrogen and oxygen atoms in total. The van der Waals surface area contributed by atoms with E-state index in [0.29, 0.717) is 12.3 Å². The third-order valence-corrected chi connectivity index (χ3v) is 3.76. The second-order valence-electron chi connectivity index (χ2n) is 5.99. The van der Waals surface area contributed by atoms with Crippen LogP contribution in [-0.2, 0) is 9.84 Å². The van der Waals surface area contributed by atoms with Crippen LogP contribution in [0.1, 0.15) is 38.0 Å². The van der Waals surface area contributed by atoms with Gasteiger partial charge in [0.1, 0.15) is 6.10 Å². The van der Waals surface area contributed by atoms with E-state index in [2.05, 4.69) is 33.9 Å². The molecule has 4 heteroatoms. The number of rotatable bonds is 4. The van der Waals surface area contributed by atoms with Crippen molar-refractivity contribution in [3.63, 3.8) is 0 Å². The Morgan fingerprint density at radius 2 is 1.94 bits per heavy atom. The average Bonchev–Trinajstić information content (AvgIpc) is 2.24. The van der Waals surface area contributed by atoms with Crippen molar-refractivity contribution in [1.82, 2.24) is 0 Å². The lowest BCUT2D eigenvalue weighted by atomic mass is 9.86. The van der Waals surface area contributed by atoms with Crippen LogP contribution in [0.15, 0.2) is 18.2 Å². The van der Waals surface area contributed by atoms with Crippen molar-refractivity contribution >= 4 is 14.7 Å². The Kier molecular flexibility index (Phi) is 4.96. The van der Waals surface area contributed by atoms with Gasteiger partial charge in [-0.1, -0.05) is 32.9 Å². The van der Waals surface area contributed by atoms with Crippen molar-refractivity contribution in [2.75, 3.05) is 12.3 Å². The maximum Gasteiger partial charge on any atom is 0.171 e. The molecule has 0 aliphatic heterocycles. The highest BCUT2D eigenvalue weighted by atomic mass is 28.3. The van der Waals surface area contributed by atoms with E-state index in [9.17, 15) is 5.11 Å². The number of aliphatic hydroxyl groups is 1. The highest BCUT2D eigenvalue weighted by Crippen LogP contribution is 2.28. The monoisotopic (exact) mass is 267 g/mol. The third-order valence-electron chi connectivity index (χ3n) is 2.90. The van der Waals surface area contributed by atoms with Crippen molar-refractivity contribution in [1.29, 1.82) is 0 Å². The molecule has 3 N–H and O–H groups in total. The summed E-state index contributed by atoms with van der Waals surface area (Å²) < 4.78 is 5.54. The van der Waals surface area contributed by atoms with Gasteiger partial charge in [0.05, 0.1) is 6.61 Å². The molecule has 0 bridgehead atoms. The Labute approximate surface area is 112 Å². The molecule has 1 aromatic carbocycles. The first kappa shape index (κ1) is 15.2. The zero-order chi connectivity index (χ0) is 13.9. The minimum atomic E-state index is -1.10. The molecule has 0 fully saturated rings. The molecule has 0 heterocycles. The topological polar surface area (TPSA) is 55.5 Å². The standard InChI is InChI=1S/C14H25NO2Si/c1-14(2,3)10-6-7-11(12(15)8-10)13(16)9-17-18(4)5/h6-8,13,16,18H,9,15H2,1-5H3. The van der Waals surface area contributed by atoms with Crippen LogP contribution in [0.5, 0.6) is 0 Å². The van der Waals surface area contributed by atoms with Gasteiger partial charge in [-0.3, -0.25) is 0 Å². The summed E-state index contributed by atoms with van der Waals surface area (Å²) in [5.41, 5.74) is 8.67. The van der Waals surface area contributed by atoms with Gasteiger partial charge in [-0.2, -0.15) is 0 Å². The number of nitrogens with two attached hydrogens (primary N) is 1. The first-order chi connectivity index (χ1) is 8.21. The largest absolute Gasteiger partial charge is 0.418 e. The summed E-state index contributed by atoms with van der Waals surface area (Å²) in [6.45, 7) is 10.9. The summed E-state index contributed by atoms with van der Waals surface area (Å²) in [6.07, 6.45) is -0.631. The van der Waals surface area contributed by atoms with Crippen LogP contribution in [0.3, 0.4) is 0 Å². The van der Waals surface area contributed by atoms with Crippen LogP contribution in [0.25, 0.3) is 0 Å². The maximum absolute atomic E-state index is 10.1. The van der Waals surface area contributed by atoms with Crippen molar-refractivity contribution in [3.05, 3.63) is 29.3 Å². The van der Waals surface area contributed by atoms with E-state index in [1.165, 1.54) is 5.56 Å². The summed E-state index contributed by atoms with van der Waals surface area (Å²) in [5.74, 6) is 0. The lowest BCUT2D eigenvalue weighted by Gasteiger charge is -2.22. The second kappa shape index (κ2) is 5.86. The number of aliphatic hydroxyl groups excluding tert-OH is 1. The predicted octanol–water partition coefficient (Wildman–Crippen LogP) is 2.60. The smallest absolute Gasteiger partial charge is 0.171 e. The quantitative estimate of drug-likeness (QED) is 0.651. The SMILES string of the molecule is C[SiH](C)OCC(O)c1ccc(C(C)(C)C)cc1N. The van der Waals surface area contributed by atoms with Crippen molar-refractivity contribution in [2.24, 2.45) is 0 Å². The molecule has 18 heavy (non-hydrogen) atoms. The molecule has 0 amide bonds. The normalized spacial score (nSPS) is 13.9. The average molecular weight is 267 g/mol. The van der Waals surface area contributed by atoms with Crippen LogP contribution in [0, 0.1) is 0 Å². The molecule has 1 aromatic rings. The predicted molar refractivity (Wildman–Crippen MR) is 79.3 cm³/mol. The third kappa shape index (κ3) is 4.12. The van der Waals surface area contributed by atoms with Crippen molar-refractivity contribution in [2.45, 2.75) is 45.4 Å². The van der Waals surface area contributed by atoms with Gasteiger partial charge in [0.2, 0.25) is 0 Å². The van der Waals surface area contributed by atoms with Gasteiger partial charge in [0, 0.05) is 11.3 Å². The highest BCUT2D eigenvalue weighted by Gasteiger charge is 2.17. The molecule has 1 rings (SSSR count). The molecular weight excluding hydrogens is 242 g/mol. The molecule has 1 atom stereocenters. The van der Waals surface area contributed by atoms with Crippen molar-refractivity contribution < 1.29 is 9.53 Å². The molecule has 0 spiro atoms. The minimum absolute atomic E-state index is 0.0684. The molecule has 1 unspecified atom stereocenters. The van der Waals surface area contributed by atoms with Crippen molar-refractivity contribution in [3.8, 4) is 0 Å². The first-order valence-corrected chi connectivity index (χ1v) is 9.19. The fourth-order valence-corrected chi connectivity index (χ4v) is 2.29. The van der Waals surface area contributed by atoms with E-state index in [1.807, 2.05) is 18.2 Å². The highest BCUT2D eigenvalue weighted by molar-refractivity contribution is 6.48. The Hall–Kier alpha value is -0.843. The van der Waals surface area contributed by atoms with Gasteiger partial charge >= 0.3 is 0 Å². The molecular formula is C14H25NO2Si. The number of benzene rings is 1. The van der Waals surface area contributed by atoms with Gasteiger partial charge in [-0.25, -0.2) is 0 Å². The zero-order valence-corrected chi connectivity index (χ0v) is 13.2. The number of anilines is 1. The molecule has 0 saturated heterocycles. The number of hydrogen-bond donors (Lipinski definition) is 2. The van der Waals surface area contributed by atoms with Crippen LogP contribution in [-0.4, -0.2) is 20.8 Å². The minimum Gasteiger partial charge on any atom is -0.418 e. The fraction of sp³-hybridized carbons (Fsp3) is 0.571. The Bertz CT molecular complexity index is 399. The van der Waals surface area contributed by atoms with Crippen LogP contribution in [0.2, 0.25) is 13.1 Å². The van der Waals surface area contributed by atoms with Gasteiger partial charge in [0.25, 0.3) is 0 Å². The lowest BCUT2D eigenvalue weighted by molar-refractivity contribution is 0.109. The van der Waals surface area contributed by atoms with Gasteiger partial charge < -0.3 is 15.3 Å². The summed E-state index contributed by atoms with van der Waals surface area (Å²) >= 11 is 0. The molecule has 0 aliphatic rings. The van der Waals surface area contributed by atoms with Crippen LogP contribution < -0.4 is 5.73 Å². The van der Waals surface area contributed by atoms with E-state index in [4.69, 9.17) is 10.2 Å². The van der Waals surface area contributed by atoms with Gasteiger partial charge in [-0.15, -0.1) is 0 Å². The van der Waals surface area contributed by atoms with E-state index in [0.717, 1.165) is 5.56 Å². The summed E-state index contributed by atoms with van der Waals surface area (Å²) in [6, 6.07) is 5.89. The van der Waals surface area contributed by atoms with Crippen LogP contribution in [0.4, 0.5) is 5.69 Å². The maximum atomic E-state index is 10.1. The van der Waals surface area contributed by atoms with E-state index < -0.39 is 15.1 Å². The lowest BCUT2D eigenvalue weighted by Crippen LogP contribution is -2.17. The molecule has 102 valence electrons. The molecule has 0 radical (unpaired) electrons. The number of hydrogen-bond acceptors (Lipinski definition) is 3. The summed E-state index contributed by atoms with van der Waals surface area (Å²) in [7, 11) is -1.10. The molecule has 0 aromatic heterocycles. The van der Waals surface area contributed by atoms with E-state index in [-0.39, 0.29) is 5.41 Å². The first-order valence-electron chi connectivity index (χ1n) is 6.41. The second-order valence-corrected chi connectivity index (χ2v) is 8.42. The molecule has 0 saturated carbocycles. The Balaban J connectivity index is 2.85. The van der Waals surface area contributed by atoms with E-state index >= 15 is 0 Å². The van der Waals surface area contributed by atoms with E-state index in [1.54, 1.807) is 0 Å².